The van der Waals surface area contributed by atoms with Crippen LogP contribution in [0, 0.1) is 0 Å². The summed E-state index contributed by atoms with van der Waals surface area (Å²) in [6, 6.07) is 4.88. The molecule has 0 fully saturated rings. The second-order valence-electron chi connectivity index (χ2n) is 20.8. The lowest BCUT2D eigenvalue weighted by molar-refractivity contribution is -0.705. The van der Waals surface area contributed by atoms with Gasteiger partial charge in [-0.15, -0.1) is 0 Å². The highest BCUT2D eigenvalue weighted by atomic mass is 15.0. The standard InChI is InChI=1S/C61H118N/c1-4-7-10-13-16-19-22-25-28-31-33-36-39-42-45-48-51-55-60-56-54-59-62(58-53-50-47-44-41-38-35-30-27-24-21-18-15-12-9-6-3)61(60)57-52-49-46-43-40-37-34-32-29-26-23-20-17-14-11-8-5-2/h54,56,59H,4-53,55,57-58H2,1-3H3/q+1. The molecule has 0 bridgehead atoms. The van der Waals surface area contributed by atoms with E-state index < -0.39 is 0 Å². The van der Waals surface area contributed by atoms with E-state index in [0.717, 1.165) is 0 Å². The Kier molecular flexibility index (Phi) is 48.8. The third-order valence-corrected chi connectivity index (χ3v) is 14.6. The molecule has 0 unspecified atom stereocenters. The van der Waals surface area contributed by atoms with Gasteiger partial charge in [0.1, 0.15) is 6.54 Å². The van der Waals surface area contributed by atoms with Gasteiger partial charge in [-0.05, 0) is 31.7 Å². The fraction of sp³-hybridized carbons (Fsp3) is 0.918. The Hall–Kier alpha value is -0.850. The van der Waals surface area contributed by atoms with Gasteiger partial charge in [0.05, 0.1) is 0 Å². The monoisotopic (exact) mass is 865 g/mol. The lowest BCUT2D eigenvalue weighted by Crippen LogP contribution is -2.39. The van der Waals surface area contributed by atoms with E-state index in [4.69, 9.17) is 0 Å². The maximum atomic E-state index is 2.71. The van der Waals surface area contributed by atoms with E-state index in [2.05, 4.69) is 43.7 Å². The molecular formula is C61H118N+. The van der Waals surface area contributed by atoms with Crippen LogP contribution in [0.25, 0.3) is 0 Å². The van der Waals surface area contributed by atoms with E-state index in [-0.39, 0.29) is 0 Å². The molecule has 1 aromatic heterocycles. The summed E-state index contributed by atoms with van der Waals surface area (Å²) in [4.78, 5) is 0. The summed E-state index contributed by atoms with van der Waals surface area (Å²) in [5.41, 5.74) is 3.38. The third kappa shape index (κ3) is 41.8. The van der Waals surface area contributed by atoms with E-state index in [1.165, 1.54) is 340 Å². The van der Waals surface area contributed by atoms with Crippen LogP contribution in [0.1, 0.15) is 353 Å². The summed E-state index contributed by atoms with van der Waals surface area (Å²) >= 11 is 0. The number of aromatic nitrogens is 1. The second kappa shape index (κ2) is 51.1. The number of rotatable bonds is 53. The first-order chi connectivity index (χ1) is 30.8. The number of nitrogens with zero attached hydrogens (tertiary/aromatic N) is 1. The van der Waals surface area contributed by atoms with Gasteiger partial charge in [0, 0.05) is 24.5 Å². The smallest absolute Gasteiger partial charge is 0.184 e. The van der Waals surface area contributed by atoms with Crippen LogP contribution in [-0.2, 0) is 19.4 Å². The van der Waals surface area contributed by atoms with Crippen molar-refractivity contribution < 1.29 is 4.57 Å². The van der Waals surface area contributed by atoms with E-state index in [0.29, 0.717) is 0 Å². The van der Waals surface area contributed by atoms with Crippen LogP contribution in [0.2, 0.25) is 0 Å². The normalized spacial score (nSPS) is 11.7. The van der Waals surface area contributed by atoms with Crippen molar-refractivity contribution in [3.8, 4) is 0 Å². The SMILES string of the molecule is CCCCCCCCCCCCCCCCCCCc1ccc[n+](CCCCCCCCCCCCCCCCCC)c1CCCCCCCCCCCCCCCCCCC. The molecule has 0 amide bonds. The highest BCUT2D eigenvalue weighted by Gasteiger charge is 2.15. The number of hydrogen-bond acceptors (Lipinski definition) is 0. The Balaban J connectivity index is 2.30. The first-order valence-corrected chi connectivity index (χ1v) is 29.8. The maximum absolute atomic E-state index is 2.71. The van der Waals surface area contributed by atoms with E-state index >= 15 is 0 Å². The van der Waals surface area contributed by atoms with E-state index in [1.54, 1.807) is 11.3 Å². The Morgan fingerprint density at radius 2 is 0.484 bits per heavy atom. The van der Waals surface area contributed by atoms with Crippen LogP contribution in [0.4, 0.5) is 0 Å². The first-order valence-electron chi connectivity index (χ1n) is 29.8. The minimum atomic E-state index is 1.24. The maximum Gasteiger partial charge on any atom is 0.184 e. The zero-order valence-electron chi connectivity index (χ0n) is 43.7. The molecular weight excluding hydrogens is 747 g/mol. The Morgan fingerprint density at radius 3 is 0.758 bits per heavy atom. The molecule has 1 heteroatoms. The fourth-order valence-electron chi connectivity index (χ4n) is 10.3. The molecule has 0 aliphatic heterocycles. The molecule has 1 heterocycles. The predicted octanol–water partition coefficient (Wildman–Crippen LogP) is 21.6. The molecule has 1 aromatic rings. The highest BCUT2D eigenvalue weighted by molar-refractivity contribution is 5.16. The van der Waals surface area contributed by atoms with Crippen molar-refractivity contribution >= 4 is 0 Å². The topological polar surface area (TPSA) is 3.88 Å². The van der Waals surface area contributed by atoms with Gasteiger partial charge in [-0.2, -0.15) is 0 Å². The van der Waals surface area contributed by atoms with Crippen LogP contribution >= 0.6 is 0 Å². The predicted molar refractivity (Wildman–Crippen MR) is 282 cm³/mol. The molecule has 0 saturated carbocycles. The Morgan fingerprint density at radius 1 is 0.258 bits per heavy atom. The summed E-state index contributed by atoms with van der Waals surface area (Å²) in [7, 11) is 0. The molecule has 0 radical (unpaired) electrons. The lowest BCUT2D eigenvalue weighted by Gasteiger charge is -2.11. The van der Waals surface area contributed by atoms with Crippen molar-refractivity contribution in [2.24, 2.45) is 0 Å². The van der Waals surface area contributed by atoms with Gasteiger partial charge >= 0.3 is 0 Å². The van der Waals surface area contributed by atoms with Crippen molar-refractivity contribution in [2.75, 3.05) is 0 Å². The first kappa shape index (κ1) is 59.2. The molecule has 0 aliphatic carbocycles. The largest absolute Gasteiger partial charge is 0.202 e. The van der Waals surface area contributed by atoms with Crippen molar-refractivity contribution in [3.05, 3.63) is 29.6 Å². The molecule has 1 nitrogen and oxygen atoms in total. The van der Waals surface area contributed by atoms with Crippen molar-refractivity contribution in [1.29, 1.82) is 0 Å². The minimum absolute atomic E-state index is 1.24. The van der Waals surface area contributed by atoms with Crippen LogP contribution in [0.15, 0.2) is 18.3 Å². The summed E-state index contributed by atoms with van der Waals surface area (Å²) in [6.07, 6.45) is 77.7. The minimum Gasteiger partial charge on any atom is -0.202 e. The van der Waals surface area contributed by atoms with Crippen molar-refractivity contribution in [1.82, 2.24) is 0 Å². The molecule has 0 N–H and O–H groups in total. The zero-order valence-corrected chi connectivity index (χ0v) is 43.7. The summed E-state index contributed by atoms with van der Waals surface area (Å²) in [5.74, 6) is 0. The Bertz CT molecular complexity index is 966. The number of hydrogen-bond donors (Lipinski definition) is 0. The van der Waals surface area contributed by atoms with Gasteiger partial charge in [-0.1, -0.05) is 316 Å². The molecule has 0 aliphatic rings. The quantitative estimate of drug-likeness (QED) is 0.0454. The molecule has 62 heavy (non-hydrogen) atoms. The second-order valence-corrected chi connectivity index (χ2v) is 20.8. The number of pyridine rings is 1. The van der Waals surface area contributed by atoms with Gasteiger partial charge in [0.15, 0.2) is 11.9 Å². The number of aryl methyl sites for hydroxylation is 2. The van der Waals surface area contributed by atoms with Crippen LogP contribution in [0.3, 0.4) is 0 Å². The third-order valence-electron chi connectivity index (χ3n) is 14.6. The summed E-state index contributed by atoms with van der Waals surface area (Å²) in [6.45, 7) is 8.19. The van der Waals surface area contributed by atoms with Crippen molar-refractivity contribution in [3.63, 3.8) is 0 Å². The van der Waals surface area contributed by atoms with Gasteiger partial charge in [0.25, 0.3) is 0 Å². The van der Waals surface area contributed by atoms with Gasteiger partial charge in [0.2, 0.25) is 0 Å². The molecule has 0 spiro atoms. The molecule has 0 aromatic carbocycles. The average molecular weight is 866 g/mol. The van der Waals surface area contributed by atoms with Crippen LogP contribution in [-0.4, -0.2) is 0 Å². The molecule has 1 rings (SSSR count). The molecule has 0 saturated heterocycles. The Labute approximate surface area is 393 Å². The highest BCUT2D eigenvalue weighted by Crippen LogP contribution is 2.19. The van der Waals surface area contributed by atoms with Gasteiger partial charge in [-0.3, -0.25) is 0 Å². The lowest BCUT2D eigenvalue weighted by atomic mass is 9.99. The molecule has 366 valence electrons. The van der Waals surface area contributed by atoms with E-state index in [9.17, 15) is 0 Å². The fourth-order valence-corrected chi connectivity index (χ4v) is 10.3. The van der Waals surface area contributed by atoms with E-state index in [1.807, 2.05) is 0 Å². The van der Waals surface area contributed by atoms with Crippen LogP contribution in [0.5, 0.6) is 0 Å². The summed E-state index contributed by atoms with van der Waals surface area (Å²) in [5, 5.41) is 0. The number of unbranched alkanes of at least 4 members (excludes halogenated alkanes) is 47. The average Bonchev–Trinajstić information content (AvgIpc) is 3.28. The molecule has 0 atom stereocenters. The summed E-state index contributed by atoms with van der Waals surface area (Å²) < 4.78 is 2.71. The van der Waals surface area contributed by atoms with Gasteiger partial charge in [-0.25, -0.2) is 4.57 Å². The van der Waals surface area contributed by atoms with Gasteiger partial charge < -0.3 is 0 Å². The van der Waals surface area contributed by atoms with Crippen molar-refractivity contribution in [2.45, 2.75) is 361 Å². The van der Waals surface area contributed by atoms with Crippen LogP contribution < -0.4 is 4.57 Å². The zero-order chi connectivity index (χ0) is 44.3.